The molecule has 0 bridgehead atoms. The summed E-state index contributed by atoms with van der Waals surface area (Å²) in [5.74, 6) is -5.73. The lowest BCUT2D eigenvalue weighted by atomic mass is 9.91. The molecule has 22 heavy (non-hydrogen) atoms. The minimum Gasteiger partial charge on any atom is -0.481 e. The van der Waals surface area contributed by atoms with Gasteiger partial charge >= 0.3 is 5.97 Å². The molecule has 0 aliphatic carbocycles. The molecule has 0 aromatic rings. The monoisotopic (exact) mass is 340 g/mol. The Kier molecular flexibility index (Phi) is 8.21. The average molecular weight is 340 g/mol. The fraction of sp³-hybridized carbons (Fsp3) is 0.833. The van der Waals surface area contributed by atoms with Gasteiger partial charge < -0.3 is 15.1 Å². The molecule has 0 aliphatic rings. The Labute approximate surface area is 129 Å². The second-order valence-electron chi connectivity index (χ2n) is 5.45. The molecule has 0 aromatic heterocycles. The summed E-state index contributed by atoms with van der Waals surface area (Å²) in [6.07, 6.45) is 0.447. The van der Waals surface area contributed by atoms with Crippen LogP contribution in [0.3, 0.4) is 0 Å². The smallest absolute Gasteiger partial charge is 0.316 e. The van der Waals surface area contributed by atoms with Crippen LogP contribution in [-0.2, 0) is 14.2 Å². The third-order valence-corrected chi connectivity index (χ3v) is 4.93. The number of aliphatic hydroxyl groups excluding tert-OH is 1. The zero-order valence-corrected chi connectivity index (χ0v) is 14.0. The first-order chi connectivity index (χ1) is 9.93. The number of carboxylic acids is 1. The second-order valence-corrected chi connectivity index (χ2v) is 7.86. The van der Waals surface area contributed by atoms with Crippen molar-refractivity contribution < 1.29 is 34.5 Å². The zero-order valence-electron chi connectivity index (χ0n) is 13.1. The third kappa shape index (κ3) is 6.02. The van der Waals surface area contributed by atoms with Crippen molar-refractivity contribution >= 4 is 19.2 Å². The van der Waals surface area contributed by atoms with Gasteiger partial charge in [0.15, 0.2) is 0 Å². The van der Waals surface area contributed by atoms with Crippen LogP contribution in [0.25, 0.3) is 0 Å². The molecule has 0 heterocycles. The summed E-state index contributed by atoms with van der Waals surface area (Å²) in [7, 11) is -3.74. The summed E-state index contributed by atoms with van der Waals surface area (Å²) >= 11 is 0. The maximum Gasteiger partial charge on any atom is 0.316 e. The van der Waals surface area contributed by atoms with Gasteiger partial charge in [-0.15, -0.1) is 0 Å². The summed E-state index contributed by atoms with van der Waals surface area (Å²) in [4.78, 5) is 32.3. The van der Waals surface area contributed by atoms with Gasteiger partial charge in [0.05, 0.1) is 6.67 Å². The highest BCUT2D eigenvalue weighted by Crippen LogP contribution is 2.41. The standard InChI is InChI=1S/C12H25N2O7P/c1-5-7(2)9(11(16)17)10(15)14(19)6-13-8(3)12(18)22(4,20)21/h7-9,12-13,18-19H,5-6H2,1-4H3,(H,16,17)(H,20,21). The maximum absolute atomic E-state index is 12.0. The first-order valence-electron chi connectivity index (χ1n) is 6.87. The van der Waals surface area contributed by atoms with E-state index in [4.69, 9.17) is 5.11 Å². The molecule has 1 amide bonds. The summed E-state index contributed by atoms with van der Waals surface area (Å²) in [6, 6.07) is -0.879. The van der Waals surface area contributed by atoms with Crippen molar-refractivity contribution in [2.75, 3.05) is 13.3 Å². The highest BCUT2D eigenvalue weighted by Gasteiger charge is 2.35. The van der Waals surface area contributed by atoms with Crippen LogP contribution in [0.2, 0.25) is 0 Å². The number of rotatable bonds is 9. The number of nitrogens with one attached hydrogen (secondary N) is 1. The second kappa shape index (κ2) is 8.59. The lowest BCUT2D eigenvalue weighted by Gasteiger charge is -2.26. The Balaban J connectivity index is 4.71. The molecule has 0 saturated heterocycles. The Hall–Kier alpha value is -0.990. The van der Waals surface area contributed by atoms with E-state index in [1.807, 2.05) is 0 Å². The molecule has 0 spiro atoms. The van der Waals surface area contributed by atoms with Crippen LogP contribution in [0, 0.1) is 11.8 Å². The first-order valence-corrected chi connectivity index (χ1v) is 9.05. The van der Waals surface area contributed by atoms with Gasteiger partial charge in [-0.05, 0) is 12.8 Å². The Bertz CT molecular complexity index is 439. The molecule has 0 saturated carbocycles. The van der Waals surface area contributed by atoms with Gasteiger partial charge in [-0.25, -0.2) is 5.06 Å². The number of hydrogen-bond donors (Lipinski definition) is 5. The van der Waals surface area contributed by atoms with Crippen LogP contribution in [-0.4, -0.2) is 62.5 Å². The van der Waals surface area contributed by atoms with Gasteiger partial charge in [-0.1, -0.05) is 20.3 Å². The summed E-state index contributed by atoms with van der Waals surface area (Å²) in [6.45, 7) is 5.23. The molecular weight excluding hydrogens is 315 g/mol. The summed E-state index contributed by atoms with van der Waals surface area (Å²) in [5, 5.41) is 31.0. The van der Waals surface area contributed by atoms with Crippen molar-refractivity contribution in [3.05, 3.63) is 0 Å². The molecule has 0 aliphatic heterocycles. The van der Waals surface area contributed by atoms with E-state index in [9.17, 15) is 29.4 Å². The molecule has 0 fully saturated rings. The SMILES string of the molecule is CCC(C)C(C(=O)O)C(=O)N(O)CNC(C)C(O)P(C)(=O)O. The van der Waals surface area contributed by atoms with Gasteiger partial charge in [0.2, 0.25) is 7.37 Å². The van der Waals surface area contributed by atoms with E-state index >= 15 is 0 Å². The van der Waals surface area contributed by atoms with Gasteiger partial charge in [0, 0.05) is 12.7 Å². The van der Waals surface area contributed by atoms with Crippen molar-refractivity contribution in [1.82, 2.24) is 10.4 Å². The van der Waals surface area contributed by atoms with Crippen LogP contribution in [0.1, 0.15) is 27.2 Å². The number of carboxylic acid groups (broad SMARTS) is 1. The number of hydroxylamine groups is 2. The minimum absolute atomic E-state index is 0.201. The van der Waals surface area contributed by atoms with E-state index in [0.717, 1.165) is 6.66 Å². The van der Waals surface area contributed by atoms with E-state index in [2.05, 4.69) is 5.32 Å². The summed E-state index contributed by atoms with van der Waals surface area (Å²) in [5.41, 5.74) is 0. The molecule has 0 rings (SSSR count). The lowest BCUT2D eigenvalue weighted by molar-refractivity contribution is -0.179. The van der Waals surface area contributed by atoms with Gasteiger partial charge in [-0.2, -0.15) is 0 Å². The van der Waals surface area contributed by atoms with E-state index in [-0.39, 0.29) is 5.06 Å². The van der Waals surface area contributed by atoms with Gasteiger partial charge in [0.1, 0.15) is 11.8 Å². The number of nitrogens with zero attached hydrogens (tertiary/aromatic N) is 1. The molecule has 10 heteroatoms. The van der Waals surface area contributed by atoms with Gasteiger partial charge in [0.25, 0.3) is 5.91 Å². The fourth-order valence-electron chi connectivity index (χ4n) is 1.82. The predicted molar refractivity (Wildman–Crippen MR) is 78.4 cm³/mol. The number of carbonyl (C=O) groups is 2. The largest absolute Gasteiger partial charge is 0.481 e. The molecule has 9 nitrogen and oxygen atoms in total. The van der Waals surface area contributed by atoms with Crippen LogP contribution < -0.4 is 5.32 Å². The van der Waals surface area contributed by atoms with Crippen molar-refractivity contribution in [3.8, 4) is 0 Å². The number of hydrogen-bond acceptors (Lipinski definition) is 6. The Morgan fingerprint density at radius 3 is 2.18 bits per heavy atom. The van der Waals surface area contributed by atoms with Crippen LogP contribution in [0.5, 0.6) is 0 Å². The normalized spacial score (nSPS) is 19.6. The molecule has 5 unspecified atom stereocenters. The molecule has 5 N–H and O–H groups in total. The zero-order chi connectivity index (χ0) is 17.7. The molecule has 0 aromatic carbocycles. The lowest BCUT2D eigenvalue weighted by Crippen LogP contribution is -2.48. The van der Waals surface area contributed by atoms with Crippen LogP contribution in [0.15, 0.2) is 0 Å². The number of aliphatic carboxylic acids is 1. The number of aliphatic hydroxyl groups is 1. The van der Waals surface area contributed by atoms with Crippen molar-refractivity contribution in [2.24, 2.45) is 11.8 Å². The van der Waals surface area contributed by atoms with Gasteiger partial charge in [-0.3, -0.25) is 24.7 Å². The van der Waals surface area contributed by atoms with Crippen molar-refractivity contribution in [1.29, 1.82) is 0 Å². The van der Waals surface area contributed by atoms with E-state index in [0.29, 0.717) is 6.42 Å². The molecular formula is C12H25N2O7P. The van der Waals surface area contributed by atoms with Crippen molar-refractivity contribution in [2.45, 2.75) is 39.1 Å². The molecule has 5 atom stereocenters. The van der Waals surface area contributed by atoms with E-state index < -0.39 is 49.6 Å². The Morgan fingerprint density at radius 1 is 1.32 bits per heavy atom. The quantitative estimate of drug-likeness (QED) is 0.131. The van der Waals surface area contributed by atoms with Crippen molar-refractivity contribution in [3.63, 3.8) is 0 Å². The van der Waals surface area contributed by atoms with Crippen LogP contribution >= 0.6 is 7.37 Å². The predicted octanol–water partition coefficient (Wildman–Crippen LogP) is 0.105. The number of amides is 1. The average Bonchev–Trinajstić information content (AvgIpc) is 2.41. The van der Waals surface area contributed by atoms with Crippen LogP contribution in [0.4, 0.5) is 0 Å². The fourth-order valence-corrected chi connectivity index (χ4v) is 2.75. The maximum atomic E-state index is 12.0. The summed E-state index contributed by atoms with van der Waals surface area (Å²) < 4.78 is 11.3. The number of carbonyl (C=O) groups excluding carboxylic acids is 1. The van der Waals surface area contributed by atoms with E-state index in [1.165, 1.54) is 6.92 Å². The highest BCUT2D eigenvalue weighted by molar-refractivity contribution is 7.57. The topological polar surface area (TPSA) is 147 Å². The highest BCUT2D eigenvalue weighted by atomic mass is 31.2. The minimum atomic E-state index is -3.74. The van der Waals surface area contributed by atoms with E-state index in [1.54, 1.807) is 13.8 Å². The third-order valence-electron chi connectivity index (χ3n) is 3.50. The molecule has 0 radical (unpaired) electrons. The molecule has 130 valence electrons. The Morgan fingerprint density at radius 2 is 1.82 bits per heavy atom. The first kappa shape index (κ1) is 21.0.